The van der Waals surface area contributed by atoms with Crippen LogP contribution in [0.15, 0.2) is 59.6 Å². The highest BCUT2D eigenvalue weighted by atomic mass is 32.2. The molecule has 9 heteroatoms. The summed E-state index contributed by atoms with van der Waals surface area (Å²) in [6.45, 7) is 1.27. The summed E-state index contributed by atoms with van der Waals surface area (Å²) in [4.78, 5) is 11.5. The minimum Gasteiger partial charge on any atom is -0.464 e. The summed E-state index contributed by atoms with van der Waals surface area (Å²) in [5.41, 5.74) is 3.31. The summed E-state index contributed by atoms with van der Waals surface area (Å²) in [7, 11) is -3.23. The minimum atomic E-state index is -3.23. The number of benzene rings is 2. The highest BCUT2D eigenvalue weighted by molar-refractivity contribution is 7.90. The zero-order valence-electron chi connectivity index (χ0n) is 16.7. The Morgan fingerprint density at radius 1 is 1.10 bits per heavy atom. The molecule has 3 rings (SSSR count). The van der Waals surface area contributed by atoms with E-state index in [2.05, 4.69) is 10.3 Å². The second-order valence-electron chi connectivity index (χ2n) is 7.00. The molecule has 8 nitrogen and oxygen atoms in total. The fourth-order valence-electron chi connectivity index (χ4n) is 3.01. The predicted molar refractivity (Wildman–Crippen MR) is 110 cm³/mol. The van der Waals surface area contributed by atoms with Crippen molar-refractivity contribution in [2.45, 2.75) is 30.9 Å². The maximum Gasteiger partial charge on any atom is 0.302 e. The molecule has 0 saturated carbocycles. The smallest absolute Gasteiger partial charge is 0.302 e. The zero-order chi connectivity index (χ0) is 21.7. The summed E-state index contributed by atoms with van der Waals surface area (Å²) in [6, 6.07) is 14.3. The quantitative estimate of drug-likeness (QED) is 0.546. The molecule has 3 aromatic rings. The standard InChI is InChI=1S/C21H23N3O5S/c1-15(26)29-14-20(24-12-19(13-25)22-23-24)11-16-3-5-17(6-4-16)18-7-9-21(10-8-18)30(2,27)28/h3-10,12,20,25H,11,13-14H2,1-2H3. The van der Waals surface area contributed by atoms with Gasteiger partial charge in [-0.3, -0.25) is 4.79 Å². The Morgan fingerprint density at radius 3 is 2.20 bits per heavy atom. The van der Waals surface area contributed by atoms with Crippen LogP contribution in [0.5, 0.6) is 0 Å². The van der Waals surface area contributed by atoms with Crippen molar-refractivity contribution in [2.75, 3.05) is 12.9 Å². The third-order valence-electron chi connectivity index (χ3n) is 4.61. The third kappa shape index (κ3) is 5.52. The summed E-state index contributed by atoms with van der Waals surface area (Å²) >= 11 is 0. The highest BCUT2D eigenvalue weighted by Crippen LogP contribution is 2.23. The van der Waals surface area contributed by atoms with Crippen molar-refractivity contribution in [3.05, 3.63) is 66.0 Å². The second-order valence-corrected chi connectivity index (χ2v) is 9.02. The van der Waals surface area contributed by atoms with Crippen molar-refractivity contribution in [3.63, 3.8) is 0 Å². The van der Waals surface area contributed by atoms with Gasteiger partial charge in [-0.05, 0) is 35.2 Å². The number of sulfone groups is 1. The number of aliphatic hydroxyl groups is 1. The van der Waals surface area contributed by atoms with E-state index in [9.17, 15) is 18.3 Å². The van der Waals surface area contributed by atoms with Gasteiger partial charge in [0.15, 0.2) is 9.84 Å². The van der Waals surface area contributed by atoms with E-state index in [1.807, 2.05) is 24.3 Å². The average molecular weight is 429 g/mol. The van der Waals surface area contributed by atoms with E-state index >= 15 is 0 Å². The van der Waals surface area contributed by atoms with Crippen LogP contribution in [0.2, 0.25) is 0 Å². The lowest BCUT2D eigenvalue weighted by Gasteiger charge is -2.17. The summed E-state index contributed by atoms with van der Waals surface area (Å²) in [5, 5.41) is 17.1. The molecule has 1 atom stereocenters. The third-order valence-corrected chi connectivity index (χ3v) is 5.74. The van der Waals surface area contributed by atoms with Crippen molar-refractivity contribution in [1.82, 2.24) is 15.0 Å². The lowest BCUT2D eigenvalue weighted by atomic mass is 10.0. The molecule has 1 N–H and O–H groups in total. The first kappa shape index (κ1) is 21.7. The van der Waals surface area contributed by atoms with Gasteiger partial charge >= 0.3 is 5.97 Å². The van der Waals surface area contributed by atoms with Crippen LogP contribution >= 0.6 is 0 Å². The van der Waals surface area contributed by atoms with Gasteiger partial charge in [-0.2, -0.15) is 0 Å². The predicted octanol–water partition coefficient (Wildman–Crippen LogP) is 2.19. The number of ether oxygens (including phenoxy) is 1. The first-order valence-electron chi connectivity index (χ1n) is 9.30. The molecule has 0 bridgehead atoms. The monoisotopic (exact) mass is 429 g/mol. The van der Waals surface area contributed by atoms with Crippen LogP contribution in [-0.4, -0.2) is 47.4 Å². The Labute approximate surface area is 175 Å². The van der Waals surface area contributed by atoms with E-state index in [0.717, 1.165) is 16.7 Å². The van der Waals surface area contributed by atoms with Gasteiger partial charge in [0.2, 0.25) is 0 Å². The summed E-state index contributed by atoms with van der Waals surface area (Å²) < 4.78 is 30.0. The molecule has 1 unspecified atom stereocenters. The number of rotatable bonds is 8. The molecule has 0 saturated heterocycles. The van der Waals surface area contributed by atoms with Crippen LogP contribution in [0.3, 0.4) is 0 Å². The number of carbonyl (C=O) groups is 1. The Balaban J connectivity index is 1.76. The highest BCUT2D eigenvalue weighted by Gasteiger charge is 2.16. The number of aliphatic hydroxyl groups excluding tert-OH is 1. The Kier molecular flexibility index (Phi) is 6.63. The Bertz CT molecular complexity index is 1110. The molecular formula is C21H23N3O5S. The van der Waals surface area contributed by atoms with Crippen LogP contribution in [0.4, 0.5) is 0 Å². The molecule has 158 valence electrons. The topological polar surface area (TPSA) is 111 Å². The summed E-state index contributed by atoms with van der Waals surface area (Å²) in [6.07, 6.45) is 3.36. The Hall–Kier alpha value is -3.04. The summed E-state index contributed by atoms with van der Waals surface area (Å²) in [5.74, 6) is -0.379. The van der Waals surface area contributed by atoms with Crippen LogP contribution in [0.25, 0.3) is 11.1 Å². The number of aromatic nitrogens is 3. The molecule has 0 radical (unpaired) electrons. The second kappa shape index (κ2) is 9.19. The van der Waals surface area contributed by atoms with Gasteiger partial charge in [0.05, 0.1) is 23.7 Å². The van der Waals surface area contributed by atoms with Crippen molar-refractivity contribution in [2.24, 2.45) is 0 Å². The minimum absolute atomic E-state index is 0.137. The number of hydrogen-bond donors (Lipinski definition) is 1. The molecule has 0 aliphatic carbocycles. The molecule has 1 heterocycles. The Morgan fingerprint density at radius 2 is 1.70 bits per heavy atom. The van der Waals surface area contributed by atoms with E-state index in [4.69, 9.17) is 4.74 Å². The largest absolute Gasteiger partial charge is 0.464 e. The van der Waals surface area contributed by atoms with Gasteiger partial charge < -0.3 is 9.84 Å². The van der Waals surface area contributed by atoms with Crippen LogP contribution in [0.1, 0.15) is 24.2 Å². The molecule has 2 aromatic carbocycles. The fraction of sp³-hybridized carbons (Fsp3) is 0.286. The van der Waals surface area contributed by atoms with Crippen LogP contribution in [0, 0.1) is 0 Å². The van der Waals surface area contributed by atoms with Gasteiger partial charge in [-0.15, -0.1) is 5.10 Å². The van der Waals surface area contributed by atoms with Gasteiger partial charge in [0.25, 0.3) is 0 Å². The van der Waals surface area contributed by atoms with Crippen LogP contribution in [-0.2, 0) is 32.4 Å². The van der Waals surface area contributed by atoms with E-state index in [0.29, 0.717) is 12.1 Å². The molecule has 30 heavy (non-hydrogen) atoms. The normalized spacial score (nSPS) is 12.5. The van der Waals surface area contributed by atoms with E-state index in [1.165, 1.54) is 13.2 Å². The molecule has 0 aliphatic rings. The van der Waals surface area contributed by atoms with Gasteiger partial charge in [-0.25, -0.2) is 13.1 Å². The van der Waals surface area contributed by atoms with Crippen molar-refractivity contribution in [1.29, 1.82) is 0 Å². The van der Waals surface area contributed by atoms with E-state index in [-0.39, 0.29) is 30.1 Å². The average Bonchev–Trinajstić information content (AvgIpc) is 3.20. The van der Waals surface area contributed by atoms with Crippen molar-refractivity contribution in [3.8, 4) is 11.1 Å². The maximum atomic E-state index is 11.6. The molecule has 0 aliphatic heterocycles. The first-order valence-corrected chi connectivity index (χ1v) is 11.2. The van der Waals surface area contributed by atoms with Gasteiger partial charge in [-0.1, -0.05) is 41.6 Å². The van der Waals surface area contributed by atoms with E-state index < -0.39 is 9.84 Å². The molecule has 1 aromatic heterocycles. The van der Waals surface area contributed by atoms with Crippen molar-refractivity contribution >= 4 is 15.8 Å². The number of esters is 1. The van der Waals surface area contributed by atoms with Crippen molar-refractivity contribution < 1.29 is 23.1 Å². The number of hydrogen-bond acceptors (Lipinski definition) is 7. The van der Waals surface area contributed by atoms with Crippen LogP contribution < -0.4 is 0 Å². The first-order chi connectivity index (χ1) is 14.3. The fourth-order valence-corrected chi connectivity index (χ4v) is 3.64. The maximum absolute atomic E-state index is 11.6. The van der Waals surface area contributed by atoms with E-state index in [1.54, 1.807) is 35.1 Å². The number of nitrogens with zero attached hydrogens (tertiary/aromatic N) is 3. The lowest BCUT2D eigenvalue weighted by molar-refractivity contribution is -0.142. The lowest BCUT2D eigenvalue weighted by Crippen LogP contribution is -2.20. The SMILES string of the molecule is CC(=O)OCC(Cc1ccc(-c2ccc(S(C)(=O)=O)cc2)cc1)n1cc(CO)nn1. The molecule has 0 amide bonds. The molecule has 0 fully saturated rings. The zero-order valence-corrected chi connectivity index (χ0v) is 17.5. The number of carbonyl (C=O) groups excluding carboxylic acids is 1. The molecular weight excluding hydrogens is 406 g/mol. The van der Waals surface area contributed by atoms with Gasteiger partial charge in [0.1, 0.15) is 12.3 Å². The molecule has 0 spiro atoms. The van der Waals surface area contributed by atoms with Gasteiger partial charge in [0, 0.05) is 13.2 Å².